The molecule has 0 fully saturated rings. The second kappa shape index (κ2) is 4.49. The first-order chi connectivity index (χ1) is 5.72. The largest absolute Gasteiger partial charge is 0.0810 e. The maximum absolute atomic E-state index is 2.41. The van der Waals surface area contributed by atoms with Gasteiger partial charge in [-0.1, -0.05) is 44.1 Å². The van der Waals surface area contributed by atoms with Crippen molar-refractivity contribution in [2.45, 2.75) is 46.5 Å². The lowest BCUT2D eigenvalue weighted by Crippen LogP contribution is -1.95. The van der Waals surface area contributed by atoms with Gasteiger partial charge in [-0.3, -0.25) is 0 Å². The fourth-order valence-corrected chi connectivity index (χ4v) is 1.73. The minimum absolute atomic E-state index is 0.795. The molecule has 0 bridgehead atoms. The van der Waals surface area contributed by atoms with Crippen LogP contribution in [0.4, 0.5) is 0 Å². The van der Waals surface area contributed by atoms with Crippen LogP contribution in [0, 0.1) is 5.92 Å². The summed E-state index contributed by atoms with van der Waals surface area (Å²) in [5.41, 5.74) is 3.20. The van der Waals surface area contributed by atoms with E-state index < -0.39 is 0 Å². The van der Waals surface area contributed by atoms with E-state index in [0.29, 0.717) is 0 Å². The highest BCUT2D eigenvalue weighted by Gasteiger charge is 2.04. The van der Waals surface area contributed by atoms with Gasteiger partial charge in [0.2, 0.25) is 0 Å². The van der Waals surface area contributed by atoms with Gasteiger partial charge < -0.3 is 0 Å². The van der Waals surface area contributed by atoms with E-state index in [9.17, 15) is 0 Å². The number of rotatable bonds is 3. The molecule has 0 aromatic rings. The van der Waals surface area contributed by atoms with Crippen molar-refractivity contribution in [2.24, 2.45) is 5.92 Å². The first-order valence-corrected chi connectivity index (χ1v) is 5.10. The minimum Gasteiger partial charge on any atom is -0.0810 e. The SMILES string of the molecule is CCC1=CC(CC(C)C)=CCC1. The van der Waals surface area contributed by atoms with Crippen LogP contribution in [0.25, 0.3) is 0 Å². The van der Waals surface area contributed by atoms with Crippen molar-refractivity contribution < 1.29 is 0 Å². The average molecular weight is 164 g/mol. The Hall–Kier alpha value is -0.520. The normalized spacial score (nSPS) is 17.7. The highest BCUT2D eigenvalue weighted by Crippen LogP contribution is 2.23. The van der Waals surface area contributed by atoms with Gasteiger partial charge in [0.1, 0.15) is 0 Å². The third kappa shape index (κ3) is 2.84. The number of allylic oxidation sites excluding steroid dienone is 4. The third-order valence-corrected chi connectivity index (χ3v) is 2.36. The summed E-state index contributed by atoms with van der Waals surface area (Å²) in [7, 11) is 0. The van der Waals surface area contributed by atoms with E-state index in [0.717, 1.165) is 5.92 Å². The highest BCUT2D eigenvalue weighted by molar-refractivity contribution is 5.27. The predicted molar refractivity (Wildman–Crippen MR) is 55.1 cm³/mol. The topological polar surface area (TPSA) is 0 Å². The first kappa shape index (κ1) is 9.57. The molecule has 0 N–H and O–H groups in total. The summed E-state index contributed by atoms with van der Waals surface area (Å²) in [5, 5.41) is 0. The Balaban J connectivity index is 2.54. The third-order valence-electron chi connectivity index (χ3n) is 2.36. The molecule has 0 nitrogen and oxygen atoms in total. The van der Waals surface area contributed by atoms with E-state index in [1.54, 1.807) is 11.1 Å². The molecule has 0 heterocycles. The maximum Gasteiger partial charge on any atom is -0.0259 e. The van der Waals surface area contributed by atoms with Crippen molar-refractivity contribution >= 4 is 0 Å². The fraction of sp³-hybridized carbons (Fsp3) is 0.667. The Morgan fingerprint density at radius 2 is 2.17 bits per heavy atom. The molecule has 68 valence electrons. The molecule has 0 saturated carbocycles. The summed E-state index contributed by atoms with van der Waals surface area (Å²) in [6, 6.07) is 0. The van der Waals surface area contributed by atoms with Gasteiger partial charge in [0.25, 0.3) is 0 Å². The quantitative estimate of drug-likeness (QED) is 0.589. The molecule has 0 atom stereocenters. The molecule has 0 spiro atoms. The Bertz CT molecular complexity index is 194. The van der Waals surface area contributed by atoms with Crippen LogP contribution in [-0.2, 0) is 0 Å². The van der Waals surface area contributed by atoms with Crippen LogP contribution >= 0.6 is 0 Å². The van der Waals surface area contributed by atoms with Crippen molar-refractivity contribution in [2.75, 3.05) is 0 Å². The van der Waals surface area contributed by atoms with Crippen LogP contribution in [0.5, 0.6) is 0 Å². The summed E-state index contributed by atoms with van der Waals surface area (Å²) in [6.45, 7) is 6.83. The molecular formula is C12H20. The van der Waals surface area contributed by atoms with E-state index in [-0.39, 0.29) is 0 Å². The number of hydrogen-bond acceptors (Lipinski definition) is 0. The standard InChI is InChI=1S/C12H20/c1-4-11-6-5-7-12(9-11)8-10(2)3/h7,9-10H,4-6,8H2,1-3H3. The van der Waals surface area contributed by atoms with Crippen LogP contribution < -0.4 is 0 Å². The Morgan fingerprint density at radius 1 is 1.42 bits per heavy atom. The van der Waals surface area contributed by atoms with E-state index in [2.05, 4.69) is 32.9 Å². The zero-order chi connectivity index (χ0) is 8.97. The van der Waals surface area contributed by atoms with Crippen molar-refractivity contribution in [3.63, 3.8) is 0 Å². The molecule has 0 heteroatoms. The summed E-state index contributed by atoms with van der Waals surface area (Å²) < 4.78 is 0. The molecule has 1 aliphatic carbocycles. The summed E-state index contributed by atoms with van der Waals surface area (Å²) in [6.07, 6.45) is 9.85. The maximum atomic E-state index is 2.41. The average Bonchev–Trinajstić information content (AvgIpc) is 2.03. The van der Waals surface area contributed by atoms with Gasteiger partial charge in [-0.05, 0) is 31.6 Å². The van der Waals surface area contributed by atoms with Gasteiger partial charge in [-0.2, -0.15) is 0 Å². The molecule has 0 amide bonds. The highest BCUT2D eigenvalue weighted by atomic mass is 14.1. The van der Waals surface area contributed by atoms with Crippen molar-refractivity contribution in [1.82, 2.24) is 0 Å². The van der Waals surface area contributed by atoms with Crippen LogP contribution in [0.15, 0.2) is 23.3 Å². The lowest BCUT2D eigenvalue weighted by molar-refractivity contribution is 0.643. The van der Waals surface area contributed by atoms with E-state index >= 15 is 0 Å². The molecule has 12 heavy (non-hydrogen) atoms. The van der Waals surface area contributed by atoms with Crippen LogP contribution in [0.3, 0.4) is 0 Å². The van der Waals surface area contributed by atoms with Gasteiger partial charge in [0, 0.05) is 0 Å². The molecule has 1 aliphatic rings. The lowest BCUT2D eigenvalue weighted by atomic mass is 9.93. The van der Waals surface area contributed by atoms with E-state index in [1.807, 2.05) is 0 Å². The lowest BCUT2D eigenvalue weighted by Gasteiger charge is -2.13. The van der Waals surface area contributed by atoms with E-state index in [4.69, 9.17) is 0 Å². The van der Waals surface area contributed by atoms with Crippen LogP contribution in [0.2, 0.25) is 0 Å². The molecule has 0 aromatic carbocycles. The van der Waals surface area contributed by atoms with Gasteiger partial charge in [-0.25, -0.2) is 0 Å². The zero-order valence-corrected chi connectivity index (χ0v) is 8.56. The Labute approximate surface area is 76.4 Å². The Morgan fingerprint density at radius 3 is 2.75 bits per heavy atom. The fourth-order valence-electron chi connectivity index (χ4n) is 1.73. The second-order valence-electron chi connectivity index (χ2n) is 4.07. The first-order valence-electron chi connectivity index (χ1n) is 5.10. The van der Waals surface area contributed by atoms with Gasteiger partial charge in [0.05, 0.1) is 0 Å². The van der Waals surface area contributed by atoms with Crippen LogP contribution in [0.1, 0.15) is 46.5 Å². The molecule has 0 radical (unpaired) electrons. The second-order valence-corrected chi connectivity index (χ2v) is 4.07. The Kier molecular flexibility index (Phi) is 3.58. The predicted octanol–water partition coefficient (Wildman–Crippen LogP) is 4.09. The summed E-state index contributed by atoms with van der Waals surface area (Å²) >= 11 is 0. The number of hydrogen-bond donors (Lipinski definition) is 0. The monoisotopic (exact) mass is 164 g/mol. The van der Waals surface area contributed by atoms with Gasteiger partial charge in [0.15, 0.2) is 0 Å². The smallest absolute Gasteiger partial charge is 0.0259 e. The molecule has 0 aromatic heterocycles. The van der Waals surface area contributed by atoms with Crippen molar-refractivity contribution in [3.8, 4) is 0 Å². The van der Waals surface area contributed by atoms with Gasteiger partial charge >= 0.3 is 0 Å². The summed E-state index contributed by atoms with van der Waals surface area (Å²) in [4.78, 5) is 0. The molecule has 1 rings (SSSR count). The zero-order valence-electron chi connectivity index (χ0n) is 8.56. The molecular weight excluding hydrogens is 144 g/mol. The molecule has 0 unspecified atom stereocenters. The summed E-state index contributed by atoms with van der Waals surface area (Å²) in [5.74, 6) is 0.795. The van der Waals surface area contributed by atoms with Crippen molar-refractivity contribution in [3.05, 3.63) is 23.3 Å². The van der Waals surface area contributed by atoms with Crippen LogP contribution in [-0.4, -0.2) is 0 Å². The molecule has 0 aliphatic heterocycles. The van der Waals surface area contributed by atoms with E-state index in [1.165, 1.54) is 25.7 Å². The van der Waals surface area contributed by atoms with Crippen molar-refractivity contribution in [1.29, 1.82) is 0 Å². The van der Waals surface area contributed by atoms with Gasteiger partial charge in [-0.15, -0.1) is 0 Å². The minimum atomic E-state index is 0.795. The molecule has 0 saturated heterocycles.